The van der Waals surface area contributed by atoms with Gasteiger partial charge in [0.25, 0.3) is 0 Å². The smallest absolute Gasteiger partial charge is 0.193 e. The zero-order chi connectivity index (χ0) is 18.5. The van der Waals surface area contributed by atoms with Crippen molar-refractivity contribution in [2.45, 2.75) is 6.54 Å². The molecule has 0 aliphatic heterocycles. The monoisotopic (exact) mass is 486 g/mol. The molecule has 2 aromatic heterocycles. The topological polar surface area (TPSA) is 89.8 Å². The largest absolute Gasteiger partial charge is 0.457 e. The minimum atomic E-state index is 0. The maximum absolute atomic E-state index is 6.03. The minimum Gasteiger partial charge on any atom is -0.457 e. The standard InChI is InChI=1S/C20H18N6O.HI/c21-20(23-14-16-9-11-22-19-10-12-24-26(16)19)25-15-5-4-8-18(13-15)27-17-6-2-1-3-7-17;/h1-13H,14H2,(H3,21,23,25);1H. The number of aromatic nitrogens is 3. The van der Waals surface area contributed by atoms with E-state index in [9.17, 15) is 0 Å². The lowest BCUT2D eigenvalue weighted by Gasteiger charge is -2.09. The fourth-order valence-electron chi connectivity index (χ4n) is 2.62. The van der Waals surface area contributed by atoms with Crippen LogP contribution in [0.15, 0.2) is 84.1 Å². The number of nitrogens with two attached hydrogens (primary N) is 1. The van der Waals surface area contributed by atoms with Gasteiger partial charge in [0.1, 0.15) is 11.5 Å². The molecule has 0 atom stereocenters. The zero-order valence-corrected chi connectivity index (χ0v) is 17.2. The van der Waals surface area contributed by atoms with Crippen LogP contribution < -0.4 is 15.8 Å². The molecule has 2 aromatic carbocycles. The van der Waals surface area contributed by atoms with E-state index in [1.807, 2.05) is 66.7 Å². The molecule has 0 bridgehead atoms. The van der Waals surface area contributed by atoms with Crippen molar-refractivity contribution < 1.29 is 4.74 Å². The molecule has 142 valence electrons. The van der Waals surface area contributed by atoms with Gasteiger partial charge in [-0.3, -0.25) is 0 Å². The van der Waals surface area contributed by atoms with Crippen LogP contribution in [0.5, 0.6) is 11.5 Å². The summed E-state index contributed by atoms with van der Waals surface area (Å²) in [6.45, 7) is 0.389. The highest BCUT2D eigenvalue weighted by Crippen LogP contribution is 2.23. The van der Waals surface area contributed by atoms with Gasteiger partial charge in [0.05, 0.1) is 18.4 Å². The summed E-state index contributed by atoms with van der Waals surface area (Å²) in [6.07, 6.45) is 3.44. The Hall–Kier alpha value is -3.14. The number of guanidine groups is 1. The van der Waals surface area contributed by atoms with Gasteiger partial charge in [0.15, 0.2) is 11.6 Å². The second kappa shape index (κ2) is 9.18. The minimum absolute atomic E-state index is 0. The number of nitrogens with zero attached hydrogens (tertiary/aromatic N) is 4. The van der Waals surface area contributed by atoms with E-state index >= 15 is 0 Å². The summed E-state index contributed by atoms with van der Waals surface area (Å²) >= 11 is 0. The Morgan fingerprint density at radius 3 is 2.68 bits per heavy atom. The van der Waals surface area contributed by atoms with E-state index in [1.165, 1.54) is 0 Å². The normalized spacial score (nSPS) is 11.1. The summed E-state index contributed by atoms with van der Waals surface area (Å²) in [5.74, 6) is 1.80. The Morgan fingerprint density at radius 2 is 1.82 bits per heavy atom. The average molecular weight is 486 g/mol. The van der Waals surface area contributed by atoms with Gasteiger partial charge in [-0.2, -0.15) is 5.10 Å². The number of hydrogen-bond acceptors (Lipinski definition) is 4. The number of para-hydroxylation sites is 1. The molecule has 4 rings (SSSR count). The second-order valence-corrected chi connectivity index (χ2v) is 5.81. The van der Waals surface area contributed by atoms with E-state index in [4.69, 9.17) is 10.5 Å². The number of anilines is 1. The Balaban J connectivity index is 0.00000225. The lowest BCUT2D eigenvalue weighted by Crippen LogP contribution is -2.22. The molecule has 0 aliphatic rings. The fraction of sp³-hybridized carbons (Fsp3) is 0.0500. The molecule has 0 unspecified atom stereocenters. The average Bonchev–Trinajstić information content (AvgIpc) is 3.17. The molecule has 3 N–H and O–H groups in total. The van der Waals surface area contributed by atoms with E-state index in [0.29, 0.717) is 18.3 Å². The molecule has 0 radical (unpaired) electrons. The Bertz CT molecular complexity index is 1080. The first-order valence-electron chi connectivity index (χ1n) is 8.45. The van der Waals surface area contributed by atoms with Gasteiger partial charge >= 0.3 is 0 Å². The number of halogens is 1. The van der Waals surface area contributed by atoms with Crippen LogP contribution in [0.1, 0.15) is 5.69 Å². The van der Waals surface area contributed by atoms with Crippen LogP contribution in [-0.2, 0) is 6.54 Å². The van der Waals surface area contributed by atoms with Crippen LogP contribution in [0.25, 0.3) is 5.65 Å². The second-order valence-electron chi connectivity index (χ2n) is 5.81. The number of rotatable bonds is 5. The first-order valence-corrected chi connectivity index (χ1v) is 8.45. The van der Waals surface area contributed by atoms with Crippen LogP contribution in [0, 0.1) is 0 Å². The van der Waals surface area contributed by atoms with Crippen molar-refractivity contribution in [2.75, 3.05) is 5.32 Å². The van der Waals surface area contributed by atoms with Gasteiger partial charge < -0.3 is 15.8 Å². The Kier molecular flexibility index (Phi) is 6.43. The van der Waals surface area contributed by atoms with Crippen LogP contribution in [0.4, 0.5) is 5.69 Å². The number of ether oxygens (including phenoxy) is 1. The van der Waals surface area contributed by atoms with E-state index in [1.54, 1.807) is 16.9 Å². The lowest BCUT2D eigenvalue weighted by molar-refractivity contribution is 0.483. The molecule has 0 saturated heterocycles. The summed E-state index contributed by atoms with van der Waals surface area (Å²) in [4.78, 5) is 8.62. The van der Waals surface area contributed by atoms with E-state index in [2.05, 4.69) is 20.4 Å². The van der Waals surface area contributed by atoms with Crippen LogP contribution in [0.3, 0.4) is 0 Å². The molecule has 0 aliphatic carbocycles. The first kappa shape index (κ1) is 19.6. The summed E-state index contributed by atoms with van der Waals surface area (Å²) in [7, 11) is 0. The summed E-state index contributed by atoms with van der Waals surface area (Å²) in [6, 6.07) is 20.9. The van der Waals surface area contributed by atoms with Crippen molar-refractivity contribution in [3.63, 3.8) is 0 Å². The third kappa shape index (κ3) is 4.77. The third-order valence-corrected chi connectivity index (χ3v) is 3.87. The zero-order valence-electron chi connectivity index (χ0n) is 14.9. The van der Waals surface area contributed by atoms with Crippen molar-refractivity contribution >= 4 is 41.3 Å². The maximum Gasteiger partial charge on any atom is 0.193 e. The highest BCUT2D eigenvalue weighted by Gasteiger charge is 2.03. The van der Waals surface area contributed by atoms with Gasteiger partial charge in [-0.15, -0.1) is 24.0 Å². The molecule has 2 heterocycles. The van der Waals surface area contributed by atoms with E-state index in [-0.39, 0.29) is 24.0 Å². The molecule has 0 saturated carbocycles. The van der Waals surface area contributed by atoms with Crippen molar-refractivity contribution in [1.82, 2.24) is 14.6 Å². The van der Waals surface area contributed by atoms with Crippen molar-refractivity contribution in [1.29, 1.82) is 0 Å². The predicted molar refractivity (Wildman–Crippen MR) is 120 cm³/mol. The summed E-state index contributed by atoms with van der Waals surface area (Å²) in [5.41, 5.74) is 8.50. The summed E-state index contributed by atoms with van der Waals surface area (Å²) < 4.78 is 7.57. The van der Waals surface area contributed by atoms with Gasteiger partial charge in [0, 0.05) is 24.0 Å². The predicted octanol–water partition coefficient (Wildman–Crippen LogP) is 4.07. The molecular formula is C20H19IN6O. The SMILES string of the molecule is I.NC(=NCc1ccnc2ccnn12)Nc1cccc(Oc2ccccc2)c1. The van der Waals surface area contributed by atoms with Crippen LogP contribution in [-0.4, -0.2) is 20.6 Å². The molecule has 0 fully saturated rings. The highest BCUT2D eigenvalue weighted by atomic mass is 127. The van der Waals surface area contributed by atoms with Gasteiger partial charge in [-0.05, 0) is 30.3 Å². The number of nitrogens with one attached hydrogen (secondary N) is 1. The van der Waals surface area contributed by atoms with Gasteiger partial charge in [-0.25, -0.2) is 14.5 Å². The molecule has 0 amide bonds. The number of aliphatic imine (C=N–C) groups is 1. The Labute approximate surface area is 179 Å². The third-order valence-electron chi connectivity index (χ3n) is 3.87. The van der Waals surface area contributed by atoms with E-state index in [0.717, 1.165) is 22.8 Å². The number of fused-ring (bicyclic) bond motifs is 1. The molecule has 4 aromatic rings. The Morgan fingerprint density at radius 1 is 1.00 bits per heavy atom. The molecular weight excluding hydrogens is 467 g/mol. The maximum atomic E-state index is 6.03. The quantitative estimate of drug-likeness (QED) is 0.252. The fourth-order valence-corrected chi connectivity index (χ4v) is 2.62. The molecule has 7 nitrogen and oxygen atoms in total. The van der Waals surface area contributed by atoms with Crippen molar-refractivity contribution in [2.24, 2.45) is 10.7 Å². The van der Waals surface area contributed by atoms with Crippen molar-refractivity contribution in [3.8, 4) is 11.5 Å². The van der Waals surface area contributed by atoms with Crippen molar-refractivity contribution in [3.05, 3.63) is 84.8 Å². The lowest BCUT2D eigenvalue weighted by atomic mass is 10.3. The molecule has 28 heavy (non-hydrogen) atoms. The highest BCUT2D eigenvalue weighted by molar-refractivity contribution is 14.0. The van der Waals surface area contributed by atoms with E-state index < -0.39 is 0 Å². The van der Waals surface area contributed by atoms with Gasteiger partial charge in [0.2, 0.25) is 0 Å². The molecule has 0 spiro atoms. The van der Waals surface area contributed by atoms with Gasteiger partial charge in [-0.1, -0.05) is 24.3 Å². The number of benzene rings is 2. The molecule has 8 heteroatoms. The van der Waals surface area contributed by atoms with Crippen LogP contribution >= 0.6 is 24.0 Å². The summed E-state index contributed by atoms with van der Waals surface area (Å²) in [5, 5.41) is 7.32. The first-order chi connectivity index (χ1) is 13.3. The number of hydrogen-bond donors (Lipinski definition) is 2. The van der Waals surface area contributed by atoms with Crippen LogP contribution in [0.2, 0.25) is 0 Å².